The van der Waals surface area contributed by atoms with Crippen molar-refractivity contribution in [3.8, 4) is 11.5 Å². The van der Waals surface area contributed by atoms with Gasteiger partial charge in [0.2, 0.25) is 0 Å². The van der Waals surface area contributed by atoms with Gasteiger partial charge in [-0.3, -0.25) is 4.99 Å². The van der Waals surface area contributed by atoms with Crippen LogP contribution in [0.25, 0.3) is 0 Å². The smallest absolute Gasteiger partial charge is 0.390 e. The number of guanidine groups is 1. The van der Waals surface area contributed by atoms with Crippen molar-refractivity contribution in [3.05, 3.63) is 23.8 Å². The summed E-state index contributed by atoms with van der Waals surface area (Å²) < 4.78 is 46.9. The first-order valence-electron chi connectivity index (χ1n) is 7.79. The van der Waals surface area contributed by atoms with Gasteiger partial charge in [0.1, 0.15) is 11.5 Å². The Bertz CT molecular complexity index is 543. The predicted molar refractivity (Wildman–Crippen MR) is 89.2 cm³/mol. The Balaban J connectivity index is 2.74. The molecule has 142 valence electrons. The van der Waals surface area contributed by atoms with E-state index < -0.39 is 18.7 Å². The van der Waals surface area contributed by atoms with Crippen molar-refractivity contribution in [2.24, 2.45) is 4.99 Å². The molecule has 0 saturated heterocycles. The Labute approximate surface area is 145 Å². The third kappa shape index (κ3) is 7.97. The molecule has 25 heavy (non-hydrogen) atoms. The molecule has 0 amide bonds. The highest BCUT2D eigenvalue weighted by atomic mass is 19.4. The number of benzene rings is 1. The number of aliphatic hydroxyl groups excluding tert-OH is 1. The minimum absolute atomic E-state index is 0.0301. The standard InChI is InChI=1S/C16H24F3N3O3/c1-4-20-15(21-6-5-16(17,18)19)22-10-14(23)11-7-12(24-2)9-13(8-11)25-3/h7-9,14,23H,4-6,10H2,1-3H3,(H2,20,21,22). The minimum Gasteiger partial charge on any atom is -0.497 e. The first kappa shape index (κ1) is 20.9. The lowest BCUT2D eigenvalue weighted by Gasteiger charge is -2.15. The quantitative estimate of drug-likeness (QED) is 0.488. The van der Waals surface area contributed by atoms with Crippen LogP contribution < -0.4 is 20.1 Å². The monoisotopic (exact) mass is 363 g/mol. The summed E-state index contributed by atoms with van der Waals surface area (Å²) >= 11 is 0. The van der Waals surface area contributed by atoms with Gasteiger partial charge in [-0.25, -0.2) is 0 Å². The zero-order valence-electron chi connectivity index (χ0n) is 14.5. The van der Waals surface area contributed by atoms with Crippen LogP contribution in [-0.4, -0.2) is 51.1 Å². The maximum atomic E-state index is 12.2. The second-order valence-electron chi connectivity index (χ2n) is 5.17. The molecule has 1 aromatic rings. The van der Waals surface area contributed by atoms with E-state index in [0.717, 1.165) is 0 Å². The summed E-state index contributed by atoms with van der Waals surface area (Å²) in [5, 5.41) is 15.7. The van der Waals surface area contributed by atoms with Crippen LogP contribution >= 0.6 is 0 Å². The molecule has 0 aliphatic heterocycles. The van der Waals surface area contributed by atoms with Crippen molar-refractivity contribution in [1.82, 2.24) is 10.6 Å². The van der Waals surface area contributed by atoms with Crippen LogP contribution in [0.2, 0.25) is 0 Å². The number of alkyl halides is 3. The zero-order chi connectivity index (χ0) is 18.9. The third-order valence-electron chi connectivity index (χ3n) is 3.23. The summed E-state index contributed by atoms with van der Waals surface area (Å²) in [6.45, 7) is 1.96. The van der Waals surface area contributed by atoms with E-state index in [0.29, 0.717) is 23.6 Å². The van der Waals surface area contributed by atoms with Gasteiger partial charge in [0.25, 0.3) is 0 Å². The van der Waals surface area contributed by atoms with Crippen LogP contribution in [-0.2, 0) is 0 Å². The fourth-order valence-corrected chi connectivity index (χ4v) is 1.97. The normalized spacial score (nSPS) is 13.3. The van der Waals surface area contributed by atoms with Crippen molar-refractivity contribution in [1.29, 1.82) is 0 Å². The molecule has 6 nitrogen and oxygen atoms in total. The third-order valence-corrected chi connectivity index (χ3v) is 3.23. The molecular weight excluding hydrogens is 339 g/mol. The molecule has 3 N–H and O–H groups in total. The number of nitrogens with one attached hydrogen (secondary N) is 2. The van der Waals surface area contributed by atoms with Gasteiger partial charge in [0.15, 0.2) is 5.96 Å². The molecule has 1 unspecified atom stereocenters. The number of nitrogens with zero attached hydrogens (tertiary/aromatic N) is 1. The highest BCUT2D eigenvalue weighted by Gasteiger charge is 2.26. The van der Waals surface area contributed by atoms with E-state index in [-0.39, 0.29) is 19.0 Å². The number of hydrogen-bond acceptors (Lipinski definition) is 4. The maximum absolute atomic E-state index is 12.2. The van der Waals surface area contributed by atoms with E-state index in [9.17, 15) is 18.3 Å². The van der Waals surface area contributed by atoms with Gasteiger partial charge < -0.3 is 25.2 Å². The van der Waals surface area contributed by atoms with Crippen molar-refractivity contribution in [3.63, 3.8) is 0 Å². The largest absolute Gasteiger partial charge is 0.497 e. The topological polar surface area (TPSA) is 75.1 Å². The van der Waals surface area contributed by atoms with Crippen LogP contribution in [0, 0.1) is 0 Å². The summed E-state index contributed by atoms with van der Waals surface area (Å²) in [6.07, 6.45) is -6.16. The average molecular weight is 363 g/mol. The molecule has 1 rings (SSSR count). The van der Waals surface area contributed by atoms with Gasteiger partial charge in [0.05, 0.1) is 33.3 Å². The minimum atomic E-state index is -4.24. The Kier molecular flexibility index (Phi) is 8.33. The molecule has 0 fully saturated rings. The number of ether oxygens (including phenoxy) is 2. The second-order valence-corrected chi connectivity index (χ2v) is 5.17. The van der Waals surface area contributed by atoms with E-state index in [1.807, 2.05) is 0 Å². The zero-order valence-corrected chi connectivity index (χ0v) is 14.5. The number of rotatable bonds is 8. The van der Waals surface area contributed by atoms with Gasteiger partial charge in [-0.15, -0.1) is 0 Å². The molecule has 0 spiro atoms. The molecule has 0 aliphatic rings. The Morgan fingerprint density at radius 2 is 1.76 bits per heavy atom. The van der Waals surface area contributed by atoms with Gasteiger partial charge in [-0.05, 0) is 24.6 Å². The molecular formula is C16H24F3N3O3. The van der Waals surface area contributed by atoms with Crippen LogP contribution in [0.15, 0.2) is 23.2 Å². The number of aliphatic hydroxyl groups is 1. The first-order valence-corrected chi connectivity index (χ1v) is 7.79. The molecule has 1 atom stereocenters. The molecule has 0 aliphatic carbocycles. The molecule has 1 aromatic carbocycles. The number of hydrogen-bond donors (Lipinski definition) is 3. The molecule has 9 heteroatoms. The van der Waals surface area contributed by atoms with E-state index in [2.05, 4.69) is 15.6 Å². The molecule has 0 bridgehead atoms. The SMILES string of the molecule is CCNC(=NCC(O)c1cc(OC)cc(OC)c1)NCCC(F)(F)F. The number of halogens is 3. The van der Waals surface area contributed by atoms with Crippen LogP contribution in [0.5, 0.6) is 11.5 Å². The lowest BCUT2D eigenvalue weighted by Crippen LogP contribution is -2.39. The van der Waals surface area contributed by atoms with E-state index in [4.69, 9.17) is 9.47 Å². The molecule has 0 radical (unpaired) electrons. The summed E-state index contributed by atoms with van der Waals surface area (Å²) in [7, 11) is 2.99. The highest BCUT2D eigenvalue weighted by molar-refractivity contribution is 5.79. The Morgan fingerprint density at radius 1 is 1.16 bits per heavy atom. The van der Waals surface area contributed by atoms with E-state index in [1.54, 1.807) is 25.1 Å². The molecule has 0 heterocycles. The van der Waals surface area contributed by atoms with Crippen LogP contribution in [0.1, 0.15) is 25.0 Å². The molecule has 0 saturated carbocycles. The second kappa shape index (κ2) is 9.97. The molecule has 0 aromatic heterocycles. The van der Waals surface area contributed by atoms with Crippen LogP contribution in [0.4, 0.5) is 13.2 Å². The number of aliphatic imine (C=N–C) groups is 1. The summed E-state index contributed by atoms with van der Waals surface area (Å²) in [5.74, 6) is 1.25. The number of methoxy groups -OCH3 is 2. The van der Waals surface area contributed by atoms with E-state index in [1.165, 1.54) is 14.2 Å². The highest BCUT2D eigenvalue weighted by Crippen LogP contribution is 2.26. The predicted octanol–water partition coefficient (Wildman–Crippen LogP) is 2.24. The first-order chi connectivity index (χ1) is 11.8. The average Bonchev–Trinajstić information content (AvgIpc) is 2.57. The van der Waals surface area contributed by atoms with Crippen molar-refractivity contribution >= 4 is 5.96 Å². The van der Waals surface area contributed by atoms with Crippen molar-refractivity contribution < 1.29 is 27.8 Å². The lowest BCUT2D eigenvalue weighted by atomic mass is 10.1. The van der Waals surface area contributed by atoms with Crippen molar-refractivity contribution in [2.45, 2.75) is 25.6 Å². The summed E-state index contributed by atoms with van der Waals surface area (Å²) in [4.78, 5) is 4.12. The van der Waals surface area contributed by atoms with E-state index >= 15 is 0 Å². The summed E-state index contributed by atoms with van der Waals surface area (Å²) in [5.41, 5.74) is 0.533. The fraction of sp³-hybridized carbons (Fsp3) is 0.562. The lowest BCUT2D eigenvalue weighted by molar-refractivity contribution is -0.132. The van der Waals surface area contributed by atoms with Gasteiger partial charge >= 0.3 is 6.18 Å². The fourth-order valence-electron chi connectivity index (χ4n) is 1.97. The maximum Gasteiger partial charge on any atom is 0.390 e. The van der Waals surface area contributed by atoms with Gasteiger partial charge in [0, 0.05) is 19.2 Å². The van der Waals surface area contributed by atoms with Gasteiger partial charge in [-0.1, -0.05) is 0 Å². The van der Waals surface area contributed by atoms with Crippen molar-refractivity contribution in [2.75, 3.05) is 33.9 Å². The van der Waals surface area contributed by atoms with Gasteiger partial charge in [-0.2, -0.15) is 13.2 Å². The van der Waals surface area contributed by atoms with Crippen LogP contribution in [0.3, 0.4) is 0 Å². The Morgan fingerprint density at radius 3 is 2.24 bits per heavy atom. The Hall–Kier alpha value is -2.16. The summed E-state index contributed by atoms with van der Waals surface area (Å²) in [6, 6.07) is 4.96.